The minimum absolute atomic E-state index is 0.00431. The normalized spacial score (nSPS) is 34.0. The highest BCUT2D eigenvalue weighted by Gasteiger charge is 2.67. The zero-order chi connectivity index (χ0) is 19.6. The first-order valence-corrected chi connectivity index (χ1v) is 9.78. The number of esters is 2. The maximum atomic E-state index is 13.0. The number of fused-ring (bicyclic) bond motifs is 2. The number of nitrogens with zero attached hydrogens (tertiary/aromatic N) is 1. The number of rotatable bonds is 2. The van der Waals surface area contributed by atoms with Crippen LogP contribution in [0.3, 0.4) is 0 Å². The van der Waals surface area contributed by atoms with Crippen LogP contribution in [-0.4, -0.2) is 49.2 Å². The van der Waals surface area contributed by atoms with Gasteiger partial charge >= 0.3 is 11.9 Å². The maximum Gasteiger partial charge on any atom is 0.336 e. The lowest BCUT2D eigenvalue weighted by Gasteiger charge is -2.52. The van der Waals surface area contributed by atoms with Crippen LogP contribution < -0.4 is 5.32 Å². The van der Waals surface area contributed by atoms with Gasteiger partial charge in [0.25, 0.3) is 0 Å². The van der Waals surface area contributed by atoms with Crippen LogP contribution in [0.1, 0.15) is 25.8 Å². The fourth-order valence-corrected chi connectivity index (χ4v) is 5.99. The number of hydrogen-bond acceptors (Lipinski definition) is 6. The van der Waals surface area contributed by atoms with E-state index in [1.165, 1.54) is 19.6 Å². The van der Waals surface area contributed by atoms with Gasteiger partial charge in [0.2, 0.25) is 0 Å². The Bertz CT molecular complexity index is 950. The highest BCUT2D eigenvalue weighted by molar-refractivity contribution is 5.94. The van der Waals surface area contributed by atoms with Gasteiger partial charge in [-0.3, -0.25) is 9.69 Å². The Kier molecular flexibility index (Phi) is 3.72. The molecule has 1 aromatic carbocycles. The first-order chi connectivity index (χ1) is 13.5. The van der Waals surface area contributed by atoms with Gasteiger partial charge in [-0.2, -0.15) is 0 Å². The van der Waals surface area contributed by atoms with Gasteiger partial charge in [-0.15, -0.1) is 0 Å². The molecule has 0 radical (unpaired) electrons. The van der Waals surface area contributed by atoms with E-state index in [9.17, 15) is 9.59 Å². The summed E-state index contributed by atoms with van der Waals surface area (Å²) in [5, 5.41) is 3.55. The molecule has 2 saturated heterocycles. The van der Waals surface area contributed by atoms with E-state index in [2.05, 4.69) is 16.3 Å². The molecule has 3 aliphatic heterocycles. The summed E-state index contributed by atoms with van der Waals surface area (Å²) in [6.07, 6.45) is 2.51. The third-order valence-electron chi connectivity index (χ3n) is 6.89. The van der Waals surface area contributed by atoms with Crippen LogP contribution in [0.15, 0.2) is 47.2 Å². The van der Waals surface area contributed by atoms with E-state index in [1.54, 1.807) is 0 Å². The molecule has 3 heterocycles. The summed E-state index contributed by atoms with van der Waals surface area (Å²) < 4.78 is 11.1. The van der Waals surface area contributed by atoms with E-state index in [1.807, 2.05) is 31.2 Å². The molecule has 28 heavy (non-hydrogen) atoms. The van der Waals surface area contributed by atoms with Crippen LogP contribution in [0, 0.1) is 5.92 Å². The van der Waals surface area contributed by atoms with Crippen molar-refractivity contribution in [3.8, 4) is 0 Å². The molecular weight excluding hydrogens is 356 g/mol. The second-order valence-electron chi connectivity index (χ2n) is 8.00. The first-order valence-electron chi connectivity index (χ1n) is 9.78. The highest BCUT2D eigenvalue weighted by atomic mass is 16.5. The molecule has 2 fully saturated rings. The zero-order valence-electron chi connectivity index (χ0n) is 16.3. The van der Waals surface area contributed by atoms with Gasteiger partial charge in [0, 0.05) is 31.4 Å². The molecule has 4 atom stereocenters. The smallest absolute Gasteiger partial charge is 0.336 e. The molecule has 5 rings (SSSR count). The Morgan fingerprint density at radius 1 is 1.32 bits per heavy atom. The average molecular weight is 380 g/mol. The first kappa shape index (κ1) is 17.5. The van der Waals surface area contributed by atoms with E-state index in [0.717, 1.165) is 36.5 Å². The highest BCUT2D eigenvalue weighted by Crippen LogP contribution is 2.61. The van der Waals surface area contributed by atoms with Crippen LogP contribution in [0.5, 0.6) is 0 Å². The minimum Gasteiger partial charge on any atom is -0.466 e. The summed E-state index contributed by atoms with van der Waals surface area (Å²) in [7, 11) is 1.41. The van der Waals surface area contributed by atoms with Crippen molar-refractivity contribution in [2.45, 2.75) is 37.8 Å². The van der Waals surface area contributed by atoms with Crippen LogP contribution in [0.25, 0.3) is 0 Å². The van der Waals surface area contributed by atoms with Gasteiger partial charge < -0.3 is 14.8 Å². The molecule has 1 aromatic rings. The molecule has 2 bridgehead atoms. The van der Waals surface area contributed by atoms with E-state index < -0.39 is 6.10 Å². The predicted octanol–water partition coefficient (Wildman–Crippen LogP) is 2.37. The number of hydrogen-bond donors (Lipinski definition) is 1. The molecule has 0 saturated carbocycles. The fourth-order valence-electron chi connectivity index (χ4n) is 5.99. The standard InChI is InChI=1S/C22H24N2O4/c1-4-13-11-24-10-9-22-14-7-5-6-8-15(14)23-19(22)17(21(26)27-3)16(13)18(20(22)24)28-12(2)25/h4-8,16,18,20,23H,9-11H2,1-3H3/b13-4+/t16-,18?,20-,22?/m0/s1. The van der Waals surface area contributed by atoms with Crippen LogP contribution in [0.2, 0.25) is 0 Å². The molecule has 4 aliphatic rings. The Morgan fingerprint density at radius 3 is 2.82 bits per heavy atom. The van der Waals surface area contributed by atoms with Gasteiger partial charge in [-0.1, -0.05) is 24.3 Å². The summed E-state index contributed by atoms with van der Waals surface area (Å²) in [5.74, 6) is -0.957. The van der Waals surface area contributed by atoms with Crippen molar-refractivity contribution in [1.29, 1.82) is 0 Å². The van der Waals surface area contributed by atoms with Crippen molar-refractivity contribution in [2.24, 2.45) is 5.92 Å². The lowest BCUT2D eigenvalue weighted by molar-refractivity contribution is -0.156. The molecule has 146 valence electrons. The molecule has 0 aromatic heterocycles. The lowest BCUT2D eigenvalue weighted by Crippen LogP contribution is -2.63. The number of para-hydroxylation sites is 1. The van der Waals surface area contributed by atoms with Crippen LogP contribution in [0.4, 0.5) is 5.69 Å². The zero-order valence-corrected chi connectivity index (χ0v) is 16.3. The second kappa shape index (κ2) is 5.95. The Balaban J connectivity index is 1.84. The molecular formula is C22H24N2O4. The van der Waals surface area contributed by atoms with Gasteiger partial charge in [0.05, 0.1) is 30.1 Å². The van der Waals surface area contributed by atoms with E-state index in [-0.39, 0.29) is 29.3 Å². The van der Waals surface area contributed by atoms with Crippen molar-refractivity contribution in [2.75, 3.05) is 25.5 Å². The largest absolute Gasteiger partial charge is 0.466 e. The fraction of sp³-hybridized carbons (Fsp3) is 0.455. The summed E-state index contributed by atoms with van der Waals surface area (Å²) in [6.45, 7) is 5.09. The van der Waals surface area contributed by atoms with Crippen molar-refractivity contribution < 1.29 is 19.1 Å². The summed E-state index contributed by atoms with van der Waals surface area (Å²) in [5.41, 5.74) is 4.46. The Hall–Kier alpha value is -2.60. The van der Waals surface area contributed by atoms with Gasteiger partial charge in [0.1, 0.15) is 6.10 Å². The van der Waals surface area contributed by atoms with Crippen LogP contribution >= 0.6 is 0 Å². The molecule has 0 amide bonds. The van der Waals surface area contributed by atoms with Crippen molar-refractivity contribution >= 4 is 17.6 Å². The van der Waals surface area contributed by atoms with Gasteiger partial charge in [-0.25, -0.2) is 4.79 Å². The predicted molar refractivity (Wildman–Crippen MR) is 104 cm³/mol. The van der Waals surface area contributed by atoms with Gasteiger partial charge in [0.15, 0.2) is 0 Å². The monoisotopic (exact) mass is 380 g/mol. The third-order valence-corrected chi connectivity index (χ3v) is 6.89. The quantitative estimate of drug-likeness (QED) is 0.628. The SMILES string of the molecule is C/C=C1\CN2CCC34C(=C(C(=O)OC)[C@H]1C(OC(C)=O)[C@H]23)Nc1ccccc14. The topological polar surface area (TPSA) is 67.9 Å². The summed E-state index contributed by atoms with van der Waals surface area (Å²) in [6, 6.07) is 8.21. The van der Waals surface area contributed by atoms with E-state index >= 15 is 0 Å². The van der Waals surface area contributed by atoms with Crippen molar-refractivity contribution in [3.63, 3.8) is 0 Å². The summed E-state index contributed by atoms with van der Waals surface area (Å²) in [4.78, 5) is 27.5. The van der Waals surface area contributed by atoms with Crippen molar-refractivity contribution in [3.05, 3.63) is 52.7 Å². The average Bonchev–Trinajstić information content (AvgIpc) is 3.24. The number of carbonyl (C=O) groups excluding carboxylic acids is 2. The number of ether oxygens (including phenoxy) is 2. The number of allylic oxidation sites excluding steroid dienone is 1. The Morgan fingerprint density at radius 2 is 2.11 bits per heavy atom. The van der Waals surface area contributed by atoms with Crippen LogP contribution in [-0.2, 0) is 24.5 Å². The lowest BCUT2D eigenvalue weighted by atomic mass is 9.60. The molecule has 1 aliphatic carbocycles. The van der Waals surface area contributed by atoms with Gasteiger partial charge in [-0.05, 0) is 30.5 Å². The van der Waals surface area contributed by atoms with Crippen molar-refractivity contribution in [1.82, 2.24) is 4.90 Å². The summed E-state index contributed by atoms with van der Waals surface area (Å²) >= 11 is 0. The number of nitrogens with one attached hydrogen (secondary N) is 1. The Labute approximate surface area is 164 Å². The minimum atomic E-state index is -0.411. The molecule has 1 spiro atoms. The number of anilines is 1. The molecule has 2 unspecified atom stereocenters. The number of methoxy groups -OCH3 is 1. The molecule has 6 heteroatoms. The third kappa shape index (κ3) is 2.01. The maximum absolute atomic E-state index is 13.0. The number of benzene rings is 1. The van der Waals surface area contributed by atoms with E-state index in [4.69, 9.17) is 9.47 Å². The second-order valence-corrected chi connectivity index (χ2v) is 8.00. The molecule has 6 nitrogen and oxygen atoms in total. The molecule has 1 N–H and O–H groups in total. The van der Waals surface area contributed by atoms with E-state index in [0.29, 0.717) is 5.57 Å². The number of piperidine rings is 1. The number of carbonyl (C=O) groups is 2.